The van der Waals surface area contributed by atoms with Gasteiger partial charge in [0.05, 0.1) is 25.4 Å². The number of halogens is 1. The van der Waals surface area contributed by atoms with Crippen molar-refractivity contribution in [2.75, 3.05) is 33.3 Å². The molecule has 4 unspecified atom stereocenters. The minimum atomic E-state index is -0.525. The molecule has 1 saturated heterocycles. The van der Waals surface area contributed by atoms with E-state index in [1.165, 1.54) is 13.2 Å². The average Bonchev–Trinajstić information content (AvgIpc) is 2.51. The highest BCUT2D eigenvalue weighted by atomic mass is 19.1. The van der Waals surface area contributed by atoms with E-state index in [2.05, 4.69) is 10.2 Å². The van der Waals surface area contributed by atoms with Crippen LogP contribution in [0.1, 0.15) is 32.4 Å². The topological polar surface area (TPSA) is 54.0 Å². The zero-order valence-electron chi connectivity index (χ0n) is 15.0. The lowest BCUT2D eigenvalue weighted by atomic mass is 10.1. The number of methoxy groups -OCH3 is 1. The Balaban J connectivity index is 1.86. The highest BCUT2D eigenvalue weighted by molar-refractivity contribution is 5.36. The van der Waals surface area contributed by atoms with Gasteiger partial charge in [0.2, 0.25) is 0 Å². The van der Waals surface area contributed by atoms with Crippen LogP contribution >= 0.6 is 0 Å². The van der Waals surface area contributed by atoms with Crippen molar-refractivity contribution in [3.8, 4) is 5.75 Å². The van der Waals surface area contributed by atoms with E-state index >= 15 is 0 Å². The van der Waals surface area contributed by atoms with Crippen LogP contribution in [0.2, 0.25) is 0 Å². The third-order valence-electron chi connectivity index (χ3n) is 4.29. The van der Waals surface area contributed by atoms with Gasteiger partial charge < -0.3 is 19.9 Å². The van der Waals surface area contributed by atoms with E-state index in [1.807, 2.05) is 20.8 Å². The Kier molecular flexibility index (Phi) is 6.98. The zero-order chi connectivity index (χ0) is 17.7. The third-order valence-corrected chi connectivity index (χ3v) is 4.29. The second-order valence-corrected chi connectivity index (χ2v) is 6.62. The standard InChI is InChI=1S/C18H29FN2O3/c1-12-9-21(10-13(2)24-12)11-15(22)8-20-14(3)18-16(19)6-5-7-17(18)23-4/h5-7,12-15,20,22H,8-11H2,1-4H3. The molecule has 1 aliphatic rings. The number of ether oxygens (including phenoxy) is 2. The summed E-state index contributed by atoms with van der Waals surface area (Å²) < 4.78 is 25.0. The van der Waals surface area contributed by atoms with Crippen LogP contribution in [0.5, 0.6) is 5.75 Å². The molecule has 1 fully saturated rings. The maximum atomic E-state index is 14.1. The summed E-state index contributed by atoms with van der Waals surface area (Å²) >= 11 is 0. The largest absolute Gasteiger partial charge is 0.496 e. The summed E-state index contributed by atoms with van der Waals surface area (Å²) in [5, 5.41) is 13.5. The fourth-order valence-corrected chi connectivity index (χ4v) is 3.33. The van der Waals surface area contributed by atoms with Crippen LogP contribution < -0.4 is 10.1 Å². The van der Waals surface area contributed by atoms with E-state index in [4.69, 9.17) is 9.47 Å². The molecule has 0 radical (unpaired) electrons. The first-order valence-electron chi connectivity index (χ1n) is 8.52. The van der Waals surface area contributed by atoms with E-state index in [1.54, 1.807) is 12.1 Å². The number of benzene rings is 1. The highest BCUT2D eigenvalue weighted by Crippen LogP contribution is 2.27. The van der Waals surface area contributed by atoms with Gasteiger partial charge >= 0.3 is 0 Å². The number of morpholine rings is 1. The lowest BCUT2D eigenvalue weighted by Crippen LogP contribution is -2.49. The quantitative estimate of drug-likeness (QED) is 0.795. The number of rotatable bonds is 7. The Morgan fingerprint density at radius 2 is 2.04 bits per heavy atom. The first kappa shape index (κ1) is 19.1. The molecule has 1 aliphatic heterocycles. The monoisotopic (exact) mass is 340 g/mol. The number of aliphatic hydroxyl groups excluding tert-OH is 1. The molecule has 0 spiro atoms. The van der Waals surface area contributed by atoms with Crippen molar-refractivity contribution in [3.63, 3.8) is 0 Å². The van der Waals surface area contributed by atoms with Crippen molar-refractivity contribution in [1.29, 1.82) is 0 Å². The summed E-state index contributed by atoms with van der Waals surface area (Å²) in [6, 6.07) is 4.53. The Bertz CT molecular complexity index is 519. The first-order valence-corrected chi connectivity index (χ1v) is 8.52. The van der Waals surface area contributed by atoms with Crippen LogP contribution in [0.25, 0.3) is 0 Å². The van der Waals surface area contributed by atoms with E-state index in [-0.39, 0.29) is 24.1 Å². The number of aliphatic hydroxyl groups is 1. The smallest absolute Gasteiger partial charge is 0.131 e. The lowest BCUT2D eigenvalue weighted by molar-refractivity contribution is -0.0763. The third kappa shape index (κ3) is 5.14. The van der Waals surface area contributed by atoms with Crippen LogP contribution in [0.3, 0.4) is 0 Å². The van der Waals surface area contributed by atoms with Gasteiger partial charge in [-0.15, -0.1) is 0 Å². The van der Waals surface area contributed by atoms with Crippen molar-refractivity contribution in [1.82, 2.24) is 10.2 Å². The Morgan fingerprint density at radius 1 is 1.38 bits per heavy atom. The fourth-order valence-electron chi connectivity index (χ4n) is 3.33. The molecule has 1 aromatic rings. The molecular formula is C18H29FN2O3. The molecule has 136 valence electrons. The molecular weight excluding hydrogens is 311 g/mol. The summed E-state index contributed by atoms with van der Waals surface area (Å²) in [7, 11) is 1.53. The summed E-state index contributed by atoms with van der Waals surface area (Å²) in [6.07, 6.45) is -0.172. The van der Waals surface area contributed by atoms with E-state index < -0.39 is 6.10 Å². The number of hydrogen-bond donors (Lipinski definition) is 2. The zero-order valence-corrected chi connectivity index (χ0v) is 15.0. The number of nitrogens with zero attached hydrogens (tertiary/aromatic N) is 1. The van der Waals surface area contributed by atoms with Crippen LogP contribution in [0.4, 0.5) is 4.39 Å². The van der Waals surface area contributed by atoms with Gasteiger partial charge in [0.1, 0.15) is 11.6 Å². The fraction of sp³-hybridized carbons (Fsp3) is 0.667. The Morgan fingerprint density at radius 3 is 2.67 bits per heavy atom. The van der Waals surface area contributed by atoms with Gasteiger partial charge in [0, 0.05) is 37.8 Å². The minimum absolute atomic E-state index is 0.176. The second-order valence-electron chi connectivity index (χ2n) is 6.62. The summed E-state index contributed by atoms with van der Waals surface area (Å²) in [5.41, 5.74) is 0.487. The average molecular weight is 340 g/mol. The molecule has 2 N–H and O–H groups in total. The SMILES string of the molecule is COc1cccc(F)c1C(C)NCC(O)CN1CC(C)OC(C)C1. The summed E-state index contributed by atoms with van der Waals surface area (Å²) in [6.45, 7) is 8.55. The van der Waals surface area contributed by atoms with Gasteiger partial charge in [-0.05, 0) is 32.9 Å². The molecule has 5 nitrogen and oxygen atoms in total. The maximum absolute atomic E-state index is 14.1. The summed E-state index contributed by atoms with van der Waals surface area (Å²) in [4.78, 5) is 2.21. The van der Waals surface area contributed by atoms with Crippen molar-refractivity contribution < 1.29 is 19.0 Å². The molecule has 4 atom stereocenters. The maximum Gasteiger partial charge on any atom is 0.131 e. The van der Waals surface area contributed by atoms with Gasteiger partial charge in [-0.25, -0.2) is 4.39 Å². The van der Waals surface area contributed by atoms with E-state index in [0.29, 0.717) is 24.4 Å². The molecule has 0 aliphatic carbocycles. The van der Waals surface area contributed by atoms with Crippen molar-refractivity contribution in [2.45, 2.75) is 45.1 Å². The summed E-state index contributed by atoms with van der Waals surface area (Å²) in [5.74, 6) is 0.208. The second kappa shape index (κ2) is 8.76. The lowest BCUT2D eigenvalue weighted by Gasteiger charge is -2.36. The number of β-amino-alcohol motifs (C(OH)–C–C–N with tert-alkyl or cyclic N) is 1. The molecule has 6 heteroatoms. The predicted octanol–water partition coefficient (Wildman–Crippen LogP) is 1.95. The molecule has 0 aromatic heterocycles. The number of nitrogens with one attached hydrogen (secondary N) is 1. The van der Waals surface area contributed by atoms with Gasteiger partial charge in [-0.1, -0.05) is 6.07 Å². The number of hydrogen-bond acceptors (Lipinski definition) is 5. The molecule has 0 amide bonds. The van der Waals surface area contributed by atoms with Gasteiger partial charge in [0.15, 0.2) is 0 Å². The normalized spacial score (nSPS) is 24.6. The van der Waals surface area contributed by atoms with Crippen LogP contribution in [0.15, 0.2) is 18.2 Å². The van der Waals surface area contributed by atoms with Gasteiger partial charge in [-0.2, -0.15) is 0 Å². The molecule has 0 saturated carbocycles. The molecule has 1 heterocycles. The van der Waals surface area contributed by atoms with E-state index in [9.17, 15) is 9.50 Å². The van der Waals surface area contributed by atoms with Crippen LogP contribution in [-0.2, 0) is 4.74 Å². The van der Waals surface area contributed by atoms with Gasteiger partial charge in [0.25, 0.3) is 0 Å². The van der Waals surface area contributed by atoms with Crippen molar-refractivity contribution in [3.05, 3.63) is 29.6 Å². The molecule has 0 bridgehead atoms. The molecule has 1 aromatic carbocycles. The molecule has 2 rings (SSSR count). The minimum Gasteiger partial charge on any atom is -0.496 e. The van der Waals surface area contributed by atoms with Crippen molar-refractivity contribution in [2.24, 2.45) is 0 Å². The van der Waals surface area contributed by atoms with Crippen molar-refractivity contribution >= 4 is 0 Å². The predicted molar refractivity (Wildman–Crippen MR) is 91.8 cm³/mol. The van der Waals surface area contributed by atoms with Crippen LogP contribution in [0, 0.1) is 5.82 Å². The van der Waals surface area contributed by atoms with Gasteiger partial charge in [-0.3, -0.25) is 4.90 Å². The Labute approximate surface area is 143 Å². The first-order chi connectivity index (χ1) is 11.4. The van der Waals surface area contributed by atoms with Crippen LogP contribution in [-0.4, -0.2) is 61.6 Å². The Hall–Kier alpha value is -1.21. The van der Waals surface area contributed by atoms with E-state index in [0.717, 1.165) is 13.1 Å². The highest BCUT2D eigenvalue weighted by Gasteiger charge is 2.24. The molecule has 24 heavy (non-hydrogen) atoms.